The fourth-order valence-electron chi connectivity index (χ4n) is 1.27. The zero-order chi connectivity index (χ0) is 12.1. The van der Waals surface area contributed by atoms with Crippen molar-refractivity contribution in [1.82, 2.24) is 0 Å². The number of nitrogens with two attached hydrogens (primary N) is 2. The van der Waals surface area contributed by atoms with Crippen molar-refractivity contribution in [3.63, 3.8) is 0 Å². The van der Waals surface area contributed by atoms with Crippen molar-refractivity contribution < 1.29 is 23.1 Å². The molecule has 15 heavy (non-hydrogen) atoms. The van der Waals surface area contributed by atoms with E-state index in [1.165, 1.54) is 19.3 Å². The zero-order valence-corrected chi connectivity index (χ0v) is 8.13. The van der Waals surface area contributed by atoms with Gasteiger partial charge in [0.1, 0.15) is 0 Å². The second-order valence-corrected chi connectivity index (χ2v) is 3.49. The van der Waals surface area contributed by atoms with Crippen LogP contribution in [0.15, 0.2) is 0 Å². The number of alkyl halides is 3. The Morgan fingerprint density at radius 1 is 1.20 bits per heavy atom. The van der Waals surface area contributed by atoms with Crippen LogP contribution in [0.25, 0.3) is 0 Å². The molecule has 0 amide bonds. The Labute approximate surface area is 85.4 Å². The minimum Gasteiger partial charge on any atom is -0.475 e. The van der Waals surface area contributed by atoms with Gasteiger partial charge in [-0.25, -0.2) is 4.79 Å². The van der Waals surface area contributed by atoms with Gasteiger partial charge in [0.05, 0.1) is 0 Å². The Morgan fingerprint density at radius 2 is 1.53 bits per heavy atom. The van der Waals surface area contributed by atoms with Crippen LogP contribution in [-0.4, -0.2) is 29.3 Å². The van der Waals surface area contributed by atoms with Crippen LogP contribution < -0.4 is 11.5 Å². The van der Waals surface area contributed by atoms with Gasteiger partial charge in [-0.05, 0) is 19.3 Å². The third-order valence-electron chi connectivity index (χ3n) is 2.00. The molecule has 5 N–H and O–H groups in total. The lowest BCUT2D eigenvalue weighted by atomic mass is 9.92. The lowest BCUT2D eigenvalue weighted by molar-refractivity contribution is -0.192. The van der Waals surface area contributed by atoms with Crippen LogP contribution in [0.2, 0.25) is 0 Å². The standard InChI is InChI=1S/C6H14N2.C2HF3O2/c7-5-2-1-3-6(8)4-5;3-2(4,5)1(6)7/h5-6H,1-4,7-8H2;(H,6,7)/t5-,6-;/m0./s1. The van der Waals surface area contributed by atoms with Gasteiger partial charge in [0.15, 0.2) is 0 Å². The van der Waals surface area contributed by atoms with E-state index < -0.39 is 12.1 Å². The number of carboxylic acids is 1. The average molecular weight is 228 g/mol. The van der Waals surface area contributed by atoms with E-state index >= 15 is 0 Å². The molecule has 0 radical (unpaired) electrons. The Hall–Kier alpha value is -0.820. The van der Waals surface area contributed by atoms with Crippen LogP contribution in [0.4, 0.5) is 13.2 Å². The quantitative estimate of drug-likeness (QED) is 0.573. The van der Waals surface area contributed by atoms with Crippen molar-refractivity contribution in [3.05, 3.63) is 0 Å². The van der Waals surface area contributed by atoms with Crippen LogP contribution in [-0.2, 0) is 4.79 Å². The van der Waals surface area contributed by atoms with Gasteiger partial charge in [0, 0.05) is 12.1 Å². The molecule has 4 nitrogen and oxygen atoms in total. The smallest absolute Gasteiger partial charge is 0.475 e. The summed E-state index contributed by atoms with van der Waals surface area (Å²) < 4.78 is 31.7. The van der Waals surface area contributed by atoms with E-state index in [1.54, 1.807) is 0 Å². The predicted molar refractivity (Wildman–Crippen MR) is 48.1 cm³/mol. The molecule has 0 unspecified atom stereocenters. The summed E-state index contributed by atoms with van der Waals surface area (Å²) in [6.45, 7) is 0. The highest BCUT2D eigenvalue weighted by molar-refractivity contribution is 5.73. The molecule has 0 aliphatic heterocycles. The molecule has 0 aromatic heterocycles. The molecule has 2 atom stereocenters. The van der Waals surface area contributed by atoms with E-state index in [9.17, 15) is 13.2 Å². The maximum atomic E-state index is 10.6. The topological polar surface area (TPSA) is 89.3 Å². The molecule has 0 aromatic rings. The van der Waals surface area contributed by atoms with Crippen molar-refractivity contribution in [2.75, 3.05) is 0 Å². The highest BCUT2D eigenvalue weighted by atomic mass is 19.4. The minimum absolute atomic E-state index is 0.388. The molecular weight excluding hydrogens is 213 g/mol. The Kier molecular flexibility index (Phi) is 5.59. The number of rotatable bonds is 0. The molecule has 1 aliphatic rings. The Balaban J connectivity index is 0.000000265. The van der Waals surface area contributed by atoms with Crippen molar-refractivity contribution in [1.29, 1.82) is 0 Å². The average Bonchev–Trinajstić information content (AvgIpc) is 2.02. The third-order valence-corrected chi connectivity index (χ3v) is 2.00. The largest absolute Gasteiger partial charge is 0.490 e. The summed E-state index contributed by atoms with van der Waals surface area (Å²) >= 11 is 0. The normalized spacial score (nSPS) is 26.5. The second-order valence-electron chi connectivity index (χ2n) is 3.49. The van der Waals surface area contributed by atoms with Crippen LogP contribution >= 0.6 is 0 Å². The van der Waals surface area contributed by atoms with Gasteiger partial charge in [-0.2, -0.15) is 13.2 Å². The fraction of sp³-hybridized carbons (Fsp3) is 0.875. The predicted octanol–water partition coefficient (Wildman–Crippen LogP) is 0.848. The SMILES string of the molecule is N[C@H]1CCC[C@H](N)C1.O=C(O)C(F)(F)F. The van der Waals surface area contributed by atoms with Gasteiger partial charge in [-0.1, -0.05) is 6.42 Å². The second kappa shape index (κ2) is 5.92. The molecule has 0 aromatic carbocycles. The Bertz CT molecular complexity index is 201. The molecule has 1 aliphatic carbocycles. The monoisotopic (exact) mass is 228 g/mol. The lowest BCUT2D eigenvalue weighted by Crippen LogP contribution is -2.35. The van der Waals surface area contributed by atoms with E-state index in [0.717, 1.165) is 6.42 Å². The first kappa shape index (κ1) is 14.2. The van der Waals surface area contributed by atoms with Gasteiger partial charge in [0.2, 0.25) is 0 Å². The molecule has 0 bridgehead atoms. The van der Waals surface area contributed by atoms with E-state index in [-0.39, 0.29) is 0 Å². The number of hydrogen-bond donors (Lipinski definition) is 3. The van der Waals surface area contributed by atoms with Crippen molar-refractivity contribution >= 4 is 5.97 Å². The fourth-order valence-corrected chi connectivity index (χ4v) is 1.27. The number of hydrogen-bond acceptors (Lipinski definition) is 3. The molecule has 0 heterocycles. The highest BCUT2D eigenvalue weighted by Gasteiger charge is 2.38. The number of halogens is 3. The molecule has 1 fully saturated rings. The Morgan fingerprint density at radius 3 is 1.67 bits per heavy atom. The van der Waals surface area contributed by atoms with Crippen LogP contribution in [0.3, 0.4) is 0 Å². The molecule has 0 spiro atoms. The van der Waals surface area contributed by atoms with Crippen molar-refractivity contribution in [3.8, 4) is 0 Å². The van der Waals surface area contributed by atoms with Gasteiger partial charge in [-0.15, -0.1) is 0 Å². The minimum atomic E-state index is -5.08. The summed E-state index contributed by atoms with van der Waals surface area (Å²) in [6, 6.07) is 0.775. The van der Waals surface area contributed by atoms with Crippen LogP contribution in [0, 0.1) is 0 Å². The maximum absolute atomic E-state index is 10.6. The van der Waals surface area contributed by atoms with Gasteiger partial charge < -0.3 is 16.6 Å². The summed E-state index contributed by atoms with van der Waals surface area (Å²) in [5.74, 6) is -2.76. The summed E-state index contributed by atoms with van der Waals surface area (Å²) in [4.78, 5) is 8.90. The van der Waals surface area contributed by atoms with Crippen LogP contribution in [0.5, 0.6) is 0 Å². The molecule has 1 saturated carbocycles. The molecule has 1 rings (SSSR count). The van der Waals surface area contributed by atoms with E-state index in [4.69, 9.17) is 21.4 Å². The summed E-state index contributed by atoms with van der Waals surface area (Å²) in [7, 11) is 0. The summed E-state index contributed by atoms with van der Waals surface area (Å²) in [5.41, 5.74) is 11.3. The van der Waals surface area contributed by atoms with E-state index in [0.29, 0.717) is 12.1 Å². The first-order valence-electron chi connectivity index (χ1n) is 4.54. The molecule has 0 saturated heterocycles. The van der Waals surface area contributed by atoms with Gasteiger partial charge >= 0.3 is 12.1 Å². The van der Waals surface area contributed by atoms with Crippen molar-refractivity contribution in [2.24, 2.45) is 11.5 Å². The lowest BCUT2D eigenvalue weighted by Gasteiger charge is -2.22. The first-order valence-corrected chi connectivity index (χ1v) is 4.54. The highest BCUT2D eigenvalue weighted by Crippen LogP contribution is 2.14. The molecular formula is C8H15F3N2O2. The number of aliphatic carboxylic acids is 1. The number of carbonyl (C=O) groups is 1. The van der Waals surface area contributed by atoms with Crippen molar-refractivity contribution in [2.45, 2.75) is 43.9 Å². The van der Waals surface area contributed by atoms with Crippen LogP contribution in [0.1, 0.15) is 25.7 Å². The molecule has 7 heteroatoms. The first-order chi connectivity index (χ1) is 6.73. The molecule has 90 valence electrons. The third kappa shape index (κ3) is 7.15. The van der Waals surface area contributed by atoms with Gasteiger partial charge in [0.25, 0.3) is 0 Å². The van der Waals surface area contributed by atoms with E-state index in [2.05, 4.69) is 0 Å². The van der Waals surface area contributed by atoms with Gasteiger partial charge in [-0.3, -0.25) is 0 Å². The summed E-state index contributed by atoms with van der Waals surface area (Å²) in [6.07, 6.45) is -0.482. The number of carboxylic acid groups (broad SMARTS) is 1. The maximum Gasteiger partial charge on any atom is 0.490 e. The zero-order valence-electron chi connectivity index (χ0n) is 8.13. The van der Waals surface area contributed by atoms with E-state index in [1.807, 2.05) is 0 Å². The summed E-state index contributed by atoms with van der Waals surface area (Å²) in [5, 5.41) is 7.12.